The molecule has 1 aromatic heterocycles. The number of anilines is 1. The summed E-state index contributed by atoms with van der Waals surface area (Å²) in [5, 5.41) is 3.15. The van der Waals surface area contributed by atoms with Gasteiger partial charge in [0.2, 0.25) is 0 Å². The van der Waals surface area contributed by atoms with E-state index in [1.54, 1.807) is 24.7 Å². The molecule has 1 aromatic carbocycles. The van der Waals surface area contributed by atoms with Gasteiger partial charge in [0, 0.05) is 17.8 Å². The highest BCUT2D eigenvalue weighted by Crippen LogP contribution is 2.10. The Morgan fingerprint density at radius 3 is 2.57 bits per heavy atom. The van der Waals surface area contributed by atoms with Crippen molar-refractivity contribution in [2.45, 2.75) is 6.54 Å². The van der Waals surface area contributed by atoms with E-state index < -0.39 is 0 Å². The molecule has 1 heterocycles. The summed E-state index contributed by atoms with van der Waals surface area (Å²) in [5.41, 5.74) is 1.96. The van der Waals surface area contributed by atoms with Crippen LogP contribution in [-0.4, -0.2) is 0 Å². The summed E-state index contributed by atoms with van der Waals surface area (Å²) < 4.78 is 17.5. The van der Waals surface area contributed by atoms with E-state index in [0.717, 1.165) is 11.3 Å². The maximum absolute atomic E-state index is 12.6. The fourth-order valence-electron chi connectivity index (χ4n) is 1.17. The van der Waals surface area contributed by atoms with Crippen LogP contribution in [0.4, 0.5) is 10.1 Å². The molecule has 14 heavy (non-hydrogen) atoms. The van der Waals surface area contributed by atoms with E-state index in [1.165, 1.54) is 12.1 Å². The Bertz CT molecular complexity index is 380. The molecule has 0 fully saturated rings. The number of hydrogen-bond donors (Lipinski definition) is 1. The van der Waals surface area contributed by atoms with Crippen molar-refractivity contribution in [2.75, 3.05) is 5.32 Å². The fraction of sp³-hybridized carbons (Fsp3) is 0.0909. The minimum Gasteiger partial charge on any atom is -0.472 e. The Morgan fingerprint density at radius 2 is 1.93 bits per heavy atom. The van der Waals surface area contributed by atoms with E-state index in [4.69, 9.17) is 4.42 Å². The molecule has 72 valence electrons. The predicted octanol–water partition coefficient (Wildman–Crippen LogP) is 3.03. The molecule has 2 nitrogen and oxygen atoms in total. The third kappa shape index (κ3) is 2.13. The van der Waals surface area contributed by atoms with Gasteiger partial charge < -0.3 is 9.73 Å². The molecule has 0 saturated heterocycles. The Balaban J connectivity index is 1.95. The number of rotatable bonds is 3. The van der Waals surface area contributed by atoms with Gasteiger partial charge in [-0.25, -0.2) is 4.39 Å². The van der Waals surface area contributed by atoms with E-state index in [9.17, 15) is 4.39 Å². The van der Waals surface area contributed by atoms with Gasteiger partial charge in [0.15, 0.2) is 0 Å². The second kappa shape index (κ2) is 3.96. The average molecular weight is 191 g/mol. The van der Waals surface area contributed by atoms with Gasteiger partial charge in [-0.1, -0.05) is 0 Å². The summed E-state index contributed by atoms with van der Waals surface area (Å²) in [6.07, 6.45) is 3.30. The van der Waals surface area contributed by atoms with E-state index in [-0.39, 0.29) is 5.82 Å². The highest BCUT2D eigenvalue weighted by Gasteiger charge is 1.95. The van der Waals surface area contributed by atoms with E-state index in [1.807, 2.05) is 6.07 Å². The van der Waals surface area contributed by atoms with Gasteiger partial charge in [0.1, 0.15) is 5.82 Å². The molecular formula is C11H10FNO. The Kier molecular flexibility index (Phi) is 2.49. The Hall–Kier alpha value is -1.77. The molecule has 0 aliphatic rings. The maximum Gasteiger partial charge on any atom is 0.123 e. The SMILES string of the molecule is Fc1ccc(NCc2ccoc2)cc1. The summed E-state index contributed by atoms with van der Waals surface area (Å²) >= 11 is 0. The predicted molar refractivity (Wildman–Crippen MR) is 52.4 cm³/mol. The molecule has 0 saturated carbocycles. The second-order valence-electron chi connectivity index (χ2n) is 2.99. The van der Waals surface area contributed by atoms with Gasteiger partial charge in [-0.15, -0.1) is 0 Å². The maximum atomic E-state index is 12.6. The van der Waals surface area contributed by atoms with E-state index in [0.29, 0.717) is 6.54 Å². The average Bonchev–Trinajstić information content (AvgIpc) is 2.70. The minimum absolute atomic E-state index is 0.223. The lowest BCUT2D eigenvalue weighted by Crippen LogP contribution is -1.97. The summed E-state index contributed by atoms with van der Waals surface area (Å²) in [6.45, 7) is 0.683. The number of benzene rings is 1. The van der Waals surface area contributed by atoms with Crippen LogP contribution in [0.25, 0.3) is 0 Å². The summed E-state index contributed by atoms with van der Waals surface area (Å²) in [7, 11) is 0. The van der Waals surface area contributed by atoms with Crippen LogP contribution in [0.3, 0.4) is 0 Å². The monoisotopic (exact) mass is 191 g/mol. The molecule has 0 spiro atoms. The summed E-state index contributed by atoms with van der Waals surface area (Å²) in [5.74, 6) is -0.223. The first kappa shape index (κ1) is 8.81. The minimum atomic E-state index is -0.223. The Labute approximate surface area is 81.4 Å². The number of nitrogens with one attached hydrogen (secondary N) is 1. The molecule has 0 bridgehead atoms. The molecule has 2 aromatic rings. The third-order valence-corrected chi connectivity index (χ3v) is 1.92. The lowest BCUT2D eigenvalue weighted by molar-refractivity contribution is 0.564. The van der Waals surface area contributed by atoms with Crippen LogP contribution in [-0.2, 0) is 6.54 Å². The van der Waals surface area contributed by atoms with Gasteiger partial charge in [-0.2, -0.15) is 0 Å². The highest BCUT2D eigenvalue weighted by molar-refractivity contribution is 5.43. The van der Waals surface area contributed by atoms with Crippen molar-refractivity contribution in [1.82, 2.24) is 0 Å². The molecule has 0 aliphatic carbocycles. The first-order valence-electron chi connectivity index (χ1n) is 4.35. The first-order chi connectivity index (χ1) is 6.84. The lowest BCUT2D eigenvalue weighted by atomic mass is 10.3. The zero-order chi connectivity index (χ0) is 9.80. The fourth-order valence-corrected chi connectivity index (χ4v) is 1.17. The number of furan rings is 1. The van der Waals surface area contributed by atoms with E-state index >= 15 is 0 Å². The smallest absolute Gasteiger partial charge is 0.123 e. The largest absolute Gasteiger partial charge is 0.472 e. The third-order valence-electron chi connectivity index (χ3n) is 1.92. The number of hydrogen-bond acceptors (Lipinski definition) is 2. The van der Waals surface area contributed by atoms with Crippen molar-refractivity contribution in [1.29, 1.82) is 0 Å². The van der Waals surface area contributed by atoms with Gasteiger partial charge in [0.05, 0.1) is 12.5 Å². The molecule has 3 heteroatoms. The van der Waals surface area contributed by atoms with Crippen LogP contribution in [0.15, 0.2) is 47.3 Å². The molecule has 2 rings (SSSR count). The van der Waals surface area contributed by atoms with Gasteiger partial charge in [0.25, 0.3) is 0 Å². The van der Waals surface area contributed by atoms with Crippen LogP contribution in [0.1, 0.15) is 5.56 Å². The lowest BCUT2D eigenvalue weighted by Gasteiger charge is -2.03. The summed E-state index contributed by atoms with van der Waals surface area (Å²) in [6, 6.07) is 8.15. The van der Waals surface area contributed by atoms with Gasteiger partial charge >= 0.3 is 0 Å². The topological polar surface area (TPSA) is 25.2 Å². The van der Waals surface area contributed by atoms with Gasteiger partial charge in [-0.05, 0) is 30.3 Å². The zero-order valence-electron chi connectivity index (χ0n) is 7.53. The molecule has 0 atom stereocenters. The standard InChI is InChI=1S/C11H10FNO/c12-10-1-3-11(4-2-10)13-7-9-5-6-14-8-9/h1-6,8,13H,7H2. The molecular weight excluding hydrogens is 181 g/mol. The molecule has 0 radical (unpaired) electrons. The van der Waals surface area contributed by atoms with E-state index in [2.05, 4.69) is 5.32 Å². The number of halogens is 1. The Morgan fingerprint density at radius 1 is 1.14 bits per heavy atom. The van der Waals surface area contributed by atoms with Crippen molar-refractivity contribution in [3.8, 4) is 0 Å². The molecule has 0 unspecified atom stereocenters. The van der Waals surface area contributed by atoms with Crippen LogP contribution in [0.2, 0.25) is 0 Å². The molecule has 1 N–H and O–H groups in total. The highest BCUT2D eigenvalue weighted by atomic mass is 19.1. The van der Waals surface area contributed by atoms with Gasteiger partial charge in [-0.3, -0.25) is 0 Å². The normalized spacial score (nSPS) is 10.1. The van der Waals surface area contributed by atoms with Crippen LogP contribution in [0, 0.1) is 5.82 Å². The van der Waals surface area contributed by atoms with Crippen molar-refractivity contribution in [3.05, 3.63) is 54.2 Å². The molecule has 0 aliphatic heterocycles. The van der Waals surface area contributed by atoms with Crippen LogP contribution in [0.5, 0.6) is 0 Å². The molecule has 0 amide bonds. The quantitative estimate of drug-likeness (QED) is 0.806. The van der Waals surface area contributed by atoms with Crippen molar-refractivity contribution >= 4 is 5.69 Å². The van der Waals surface area contributed by atoms with Crippen molar-refractivity contribution in [3.63, 3.8) is 0 Å². The first-order valence-corrected chi connectivity index (χ1v) is 4.35. The second-order valence-corrected chi connectivity index (χ2v) is 2.99. The van der Waals surface area contributed by atoms with Crippen LogP contribution < -0.4 is 5.32 Å². The van der Waals surface area contributed by atoms with Crippen LogP contribution >= 0.6 is 0 Å². The van der Waals surface area contributed by atoms with Crippen molar-refractivity contribution in [2.24, 2.45) is 0 Å². The summed E-state index contributed by atoms with van der Waals surface area (Å²) in [4.78, 5) is 0. The van der Waals surface area contributed by atoms with Crippen molar-refractivity contribution < 1.29 is 8.81 Å². The zero-order valence-corrected chi connectivity index (χ0v) is 7.53.